The highest BCUT2D eigenvalue weighted by Crippen LogP contribution is 2.38. The Kier molecular flexibility index (Phi) is 14.5. The minimum absolute atomic E-state index is 0.0294. The summed E-state index contributed by atoms with van der Waals surface area (Å²) in [4.78, 5) is 73.7. The minimum Gasteiger partial charge on any atom is -0.436 e. The van der Waals surface area contributed by atoms with Crippen LogP contribution in [0.4, 0.5) is 34.1 Å². The Morgan fingerprint density at radius 1 is 0.917 bits per heavy atom. The van der Waals surface area contributed by atoms with Crippen LogP contribution in [0.15, 0.2) is 48.6 Å². The Morgan fingerprint density at radius 2 is 1.58 bits per heavy atom. The average molecular weight is 862 g/mol. The van der Waals surface area contributed by atoms with Crippen molar-refractivity contribution >= 4 is 52.9 Å². The fourth-order valence-corrected chi connectivity index (χ4v) is 8.41. The summed E-state index contributed by atoms with van der Waals surface area (Å²) in [5, 5.41) is 2.64. The fourth-order valence-electron chi connectivity index (χ4n) is 8.17. The molecule has 60 heavy (non-hydrogen) atoms. The summed E-state index contributed by atoms with van der Waals surface area (Å²) in [5.41, 5.74) is 5.93. The number of urea groups is 1. The van der Waals surface area contributed by atoms with Gasteiger partial charge in [0, 0.05) is 88.7 Å². The zero-order valence-electron chi connectivity index (χ0n) is 33.5. The maximum atomic E-state index is 14.1. The summed E-state index contributed by atoms with van der Waals surface area (Å²) >= 11 is 6.13. The van der Waals surface area contributed by atoms with Crippen LogP contribution in [0.2, 0.25) is 5.02 Å². The molecule has 3 N–H and O–H groups in total. The zero-order valence-corrected chi connectivity index (χ0v) is 34.3. The number of hydrogen-bond donors (Lipinski definition) is 2. The smallest absolute Gasteiger partial charge is 0.418 e. The van der Waals surface area contributed by atoms with Crippen LogP contribution in [-0.4, -0.2) is 145 Å². The summed E-state index contributed by atoms with van der Waals surface area (Å²) in [6, 6.07) is 9.54. The van der Waals surface area contributed by atoms with Crippen molar-refractivity contribution in [1.29, 1.82) is 0 Å². The van der Waals surface area contributed by atoms with E-state index in [1.165, 1.54) is 17.9 Å². The number of fused-ring (bicyclic) bond motifs is 1. The number of piperidine rings is 2. The van der Waals surface area contributed by atoms with Crippen molar-refractivity contribution in [2.24, 2.45) is 0 Å². The fraction of sp³-hybridized carbons (Fsp3) is 0.537. The molecule has 326 valence electrons. The molecule has 3 saturated heterocycles. The molecular formula is C41H51ClF3N7O8. The lowest BCUT2D eigenvalue weighted by Crippen LogP contribution is -2.57. The van der Waals surface area contributed by atoms with E-state index in [1.54, 1.807) is 9.80 Å². The van der Waals surface area contributed by atoms with Crippen LogP contribution >= 0.6 is 11.6 Å². The van der Waals surface area contributed by atoms with Gasteiger partial charge in [0.1, 0.15) is 0 Å². The Morgan fingerprint density at radius 3 is 2.25 bits per heavy atom. The Labute approximate surface area is 351 Å². The van der Waals surface area contributed by atoms with E-state index in [0.717, 1.165) is 30.2 Å². The summed E-state index contributed by atoms with van der Waals surface area (Å²) in [7, 11) is 0. The molecule has 0 bridgehead atoms. The maximum Gasteiger partial charge on any atom is 0.418 e. The predicted octanol–water partition coefficient (Wildman–Crippen LogP) is 4.77. The van der Waals surface area contributed by atoms with Gasteiger partial charge in [0.25, 0.3) is 5.91 Å². The largest absolute Gasteiger partial charge is 0.436 e. The molecule has 0 saturated carbocycles. The number of benzene rings is 2. The van der Waals surface area contributed by atoms with E-state index in [1.807, 2.05) is 29.2 Å². The van der Waals surface area contributed by atoms with E-state index < -0.39 is 54.3 Å². The molecule has 4 aliphatic heterocycles. The van der Waals surface area contributed by atoms with Crippen molar-refractivity contribution in [3.63, 3.8) is 0 Å². The first kappa shape index (κ1) is 44.5. The van der Waals surface area contributed by atoms with Crippen LogP contribution in [0.3, 0.4) is 0 Å². The summed E-state index contributed by atoms with van der Waals surface area (Å²) in [6.07, 6.45) is -4.27. The quantitative estimate of drug-likeness (QED) is 0.138. The number of nitrogens with zero attached hydrogens (tertiary/aromatic N) is 5. The van der Waals surface area contributed by atoms with Crippen LogP contribution in [0.1, 0.15) is 49.3 Å². The highest BCUT2D eigenvalue weighted by molar-refractivity contribution is 6.33. The average Bonchev–Trinajstić information content (AvgIpc) is 3.39. The van der Waals surface area contributed by atoms with Crippen molar-refractivity contribution in [2.75, 3.05) is 83.3 Å². The molecule has 0 spiro atoms. The Hall–Kier alpha value is -5.07. The third-order valence-electron chi connectivity index (χ3n) is 11.6. The van der Waals surface area contributed by atoms with E-state index >= 15 is 0 Å². The van der Waals surface area contributed by atoms with Gasteiger partial charge >= 0.3 is 30.2 Å². The second-order valence-corrected chi connectivity index (χ2v) is 16.0. The second-order valence-electron chi connectivity index (χ2n) is 15.6. The lowest BCUT2D eigenvalue weighted by molar-refractivity contribution is -0.165. The SMILES string of the molecule is C=C(C)C(=O)OCOC(=O)CN1CCC(N2CCN(C(=O)[C@@H](Cc3cc(Cl)c(N)c(C(F)(F)F)c3)OC(=O)N3CCC(N4CCc5ccccc5NC4=O)CC3)CC2)CC1. The van der Waals surface area contributed by atoms with Gasteiger partial charge in [0.2, 0.25) is 6.79 Å². The number of piperazine rings is 1. The molecule has 19 heteroatoms. The van der Waals surface area contributed by atoms with Crippen LogP contribution in [0.5, 0.6) is 0 Å². The summed E-state index contributed by atoms with van der Waals surface area (Å²) in [5.74, 6) is -1.70. The van der Waals surface area contributed by atoms with E-state index in [-0.39, 0.29) is 60.3 Å². The van der Waals surface area contributed by atoms with Gasteiger partial charge in [-0.3, -0.25) is 19.4 Å². The van der Waals surface area contributed by atoms with Crippen molar-refractivity contribution in [3.05, 3.63) is 70.3 Å². The van der Waals surface area contributed by atoms with Crippen molar-refractivity contribution in [1.82, 2.24) is 24.5 Å². The molecule has 4 amide bonds. The standard InChI is InChI=1S/C41H51ClF3N7O8/c1-26(2)38(55)59-25-58-35(53)24-48-12-8-29(9-13-48)49-17-19-50(20-18-49)37(54)34(23-27-21-31(41(43,44)45)36(46)32(42)22-27)60-40(57)51-14-10-30(11-15-51)52-16-7-28-5-3-4-6-33(28)47-39(52)56/h3-6,21-22,29-30,34H,1,7-20,23-25,46H2,2H3,(H,47,56)/t34-/m1/s1. The minimum atomic E-state index is -4.81. The Balaban J connectivity index is 1.04. The molecule has 0 radical (unpaired) electrons. The van der Waals surface area contributed by atoms with Gasteiger partial charge in [-0.05, 0) is 68.4 Å². The number of alkyl halides is 3. The first-order chi connectivity index (χ1) is 28.6. The number of esters is 2. The molecule has 6 rings (SSSR count). The van der Waals surface area contributed by atoms with E-state index in [9.17, 15) is 37.1 Å². The summed E-state index contributed by atoms with van der Waals surface area (Å²) < 4.78 is 57.4. The molecule has 15 nitrogen and oxygen atoms in total. The number of amides is 4. The highest BCUT2D eigenvalue weighted by Gasteiger charge is 2.38. The van der Waals surface area contributed by atoms with Gasteiger partial charge in [0.15, 0.2) is 6.10 Å². The topological polar surface area (TPSA) is 167 Å². The normalized spacial score (nSPS) is 19.1. The number of para-hydroxylation sites is 1. The van der Waals surface area contributed by atoms with Gasteiger partial charge in [-0.15, -0.1) is 0 Å². The molecule has 0 unspecified atom stereocenters. The van der Waals surface area contributed by atoms with E-state index in [2.05, 4.69) is 16.8 Å². The summed E-state index contributed by atoms with van der Waals surface area (Å²) in [6.45, 7) is 8.42. The van der Waals surface area contributed by atoms with Gasteiger partial charge in [-0.25, -0.2) is 14.4 Å². The van der Waals surface area contributed by atoms with Crippen molar-refractivity contribution < 1.29 is 51.4 Å². The van der Waals surface area contributed by atoms with Crippen LogP contribution in [0, 0.1) is 0 Å². The molecule has 4 heterocycles. The molecule has 0 aliphatic carbocycles. The number of nitrogen functional groups attached to an aromatic ring is 1. The number of nitrogens with two attached hydrogens (primary N) is 1. The molecule has 4 aliphatic rings. The van der Waals surface area contributed by atoms with E-state index in [0.29, 0.717) is 65.1 Å². The number of rotatable bonds is 11. The molecule has 1 atom stereocenters. The lowest BCUT2D eigenvalue weighted by atomic mass is 10.0. The maximum absolute atomic E-state index is 14.1. The lowest BCUT2D eigenvalue weighted by Gasteiger charge is -2.43. The predicted molar refractivity (Wildman–Crippen MR) is 215 cm³/mol. The van der Waals surface area contributed by atoms with Gasteiger partial charge in [-0.2, -0.15) is 13.2 Å². The van der Waals surface area contributed by atoms with Crippen molar-refractivity contribution in [2.45, 2.75) is 69.8 Å². The highest BCUT2D eigenvalue weighted by atomic mass is 35.5. The molecule has 2 aromatic carbocycles. The van der Waals surface area contributed by atoms with Crippen LogP contribution in [0.25, 0.3) is 0 Å². The second kappa shape index (κ2) is 19.5. The van der Waals surface area contributed by atoms with Crippen molar-refractivity contribution in [3.8, 4) is 0 Å². The first-order valence-electron chi connectivity index (χ1n) is 20.1. The number of halogens is 4. The van der Waals surface area contributed by atoms with Gasteiger partial charge in [-0.1, -0.05) is 36.4 Å². The van der Waals surface area contributed by atoms with Crippen LogP contribution < -0.4 is 11.1 Å². The van der Waals surface area contributed by atoms with E-state index in [4.69, 9.17) is 31.5 Å². The number of nitrogens with one attached hydrogen (secondary N) is 1. The monoisotopic (exact) mass is 861 g/mol. The van der Waals surface area contributed by atoms with Crippen LogP contribution in [-0.2, 0) is 47.6 Å². The first-order valence-corrected chi connectivity index (χ1v) is 20.4. The number of likely N-dealkylation sites (tertiary alicyclic amines) is 2. The number of anilines is 2. The third kappa shape index (κ3) is 11.2. The Bertz CT molecular complexity index is 1930. The molecule has 3 fully saturated rings. The number of ether oxygens (including phenoxy) is 3. The zero-order chi connectivity index (χ0) is 43.1. The number of hydrogen-bond acceptors (Lipinski definition) is 11. The molecular weight excluding hydrogens is 811 g/mol. The number of carbonyl (C=O) groups excluding carboxylic acids is 5. The molecule has 0 aromatic heterocycles. The van der Waals surface area contributed by atoms with Gasteiger partial charge < -0.3 is 40.0 Å². The molecule has 2 aromatic rings. The number of carbonyl (C=O) groups is 5. The van der Waals surface area contributed by atoms with Gasteiger partial charge in [0.05, 0.1) is 22.8 Å². The third-order valence-corrected chi connectivity index (χ3v) is 11.9.